The number of carbonyl (C=O) groups excluding carboxylic acids is 1. The Bertz CT molecular complexity index is 921. The van der Waals surface area contributed by atoms with Gasteiger partial charge in [-0.2, -0.15) is 4.31 Å². The molecule has 1 aliphatic rings. The number of aromatic nitrogens is 3. The first kappa shape index (κ1) is 20.9. The Labute approximate surface area is 170 Å². The van der Waals surface area contributed by atoms with E-state index >= 15 is 0 Å². The zero-order valence-electron chi connectivity index (χ0n) is 16.7. The first-order valence-electron chi connectivity index (χ1n) is 9.40. The molecule has 0 bridgehead atoms. The molecule has 0 saturated carbocycles. The summed E-state index contributed by atoms with van der Waals surface area (Å²) in [6.07, 6.45) is 2.54. The second-order valence-corrected chi connectivity index (χ2v) is 10.2. The molecule has 1 amide bonds. The van der Waals surface area contributed by atoms with Crippen LogP contribution in [0.25, 0.3) is 0 Å². The molecule has 1 N–H and O–H groups in total. The van der Waals surface area contributed by atoms with E-state index in [2.05, 4.69) is 29.1 Å². The predicted octanol–water partition coefficient (Wildman–Crippen LogP) is 2.03. The Morgan fingerprint density at radius 2 is 2.00 bits per heavy atom. The maximum atomic E-state index is 12.7. The molecule has 1 aliphatic heterocycles. The lowest BCUT2D eigenvalue weighted by atomic mass is 9.97. The molecule has 1 saturated heterocycles. The molecule has 0 aromatic carbocycles. The first-order chi connectivity index (χ1) is 13.2. The average molecular weight is 426 g/mol. The van der Waals surface area contributed by atoms with Crippen LogP contribution in [-0.2, 0) is 28.4 Å². The molecule has 0 aliphatic carbocycles. The van der Waals surface area contributed by atoms with Gasteiger partial charge in [-0.05, 0) is 19.8 Å². The summed E-state index contributed by atoms with van der Waals surface area (Å²) in [5.74, 6) is 0.809. The van der Waals surface area contributed by atoms with Crippen LogP contribution in [0.1, 0.15) is 49.1 Å². The van der Waals surface area contributed by atoms with Gasteiger partial charge in [0.15, 0.2) is 5.03 Å². The first-order valence-corrected chi connectivity index (χ1v) is 11.7. The quantitative estimate of drug-likeness (QED) is 0.764. The highest BCUT2D eigenvalue weighted by Gasteiger charge is 2.33. The molecule has 0 radical (unpaired) electrons. The Kier molecular flexibility index (Phi) is 6.21. The van der Waals surface area contributed by atoms with Crippen LogP contribution in [-0.4, -0.2) is 46.3 Å². The normalized spacial score (nSPS) is 16.6. The summed E-state index contributed by atoms with van der Waals surface area (Å²) in [6.45, 7) is 7.01. The third-order valence-corrected chi connectivity index (χ3v) is 7.99. The molecule has 3 heterocycles. The minimum atomic E-state index is -3.61. The van der Waals surface area contributed by atoms with Crippen molar-refractivity contribution >= 4 is 27.3 Å². The predicted molar refractivity (Wildman–Crippen MR) is 107 cm³/mol. The fourth-order valence-electron chi connectivity index (χ4n) is 3.13. The third-order valence-electron chi connectivity index (χ3n) is 5.02. The molecular weight excluding hydrogens is 398 g/mol. The van der Waals surface area contributed by atoms with Gasteiger partial charge in [0, 0.05) is 43.5 Å². The highest BCUT2D eigenvalue weighted by molar-refractivity contribution is 7.89. The van der Waals surface area contributed by atoms with Crippen molar-refractivity contribution < 1.29 is 13.2 Å². The van der Waals surface area contributed by atoms with Gasteiger partial charge >= 0.3 is 0 Å². The summed E-state index contributed by atoms with van der Waals surface area (Å²) in [5.41, 5.74) is 0.868. The van der Waals surface area contributed by atoms with Gasteiger partial charge in [-0.1, -0.05) is 13.8 Å². The lowest BCUT2D eigenvalue weighted by Gasteiger charge is -2.29. The van der Waals surface area contributed by atoms with E-state index in [0.29, 0.717) is 44.2 Å². The van der Waals surface area contributed by atoms with Gasteiger partial charge in [0.1, 0.15) is 5.82 Å². The number of nitrogens with zero attached hydrogens (tertiary/aromatic N) is 4. The zero-order valence-corrected chi connectivity index (χ0v) is 18.3. The Morgan fingerprint density at radius 3 is 2.54 bits per heavy atom. The minimum Gasteiger partial charge on any atom is -0.350 e. The summed E-state index contributed by atoms with van der Waals surface area (Å²) in [6, 6.07) is 0. The number of rotatable bonds is 6. The number of carbonyl (C=O) groups is 1. The molecule has 28 heavy (non-hydrogen) atoms. The molecule has 2 aromatic heterocycles. The molecule has 1 fully saturated rings. The van der Waals surface area contributed by atoms with Crippen molar-refractivity contribution in [2.24, 2.45) is 13.0 Å². The van der Waals surface area contributed by atoms with Crippen LogP contribution in [0.2, 0.25) is 0 Å². The van der Waals surface area contributed by atoms with Crippen LogP contribution in [0.4, 0.5) is 0 Å². The van der Waals surface area contributed by atoms with Gasteiger partial charge in [0.25, 0.3) is 10.0 Å². The van der Waals surface area contributed by atoms with Gasteiger partial charge in [0.05, 0.1) is 17.2 Å². The van der Waals surface area contributed by atoms with Gasteiger partial charge < -0.3 is 9.88 Å². The third kappa shape index (κ3) is 4.44. The van der Waals surface area contributed by atoms with E-state index in [1.165, 1.54) is 10.5 Å². The summed E-state index contributed by atoms with van der Waals surface area (Å²) < 4.78 is 28.6. The van der Waals surface area contributed by atoms with Gasteiger partial charge in [-0.15, -0.1) is 11.3 Å². The van der Waals surface area contributed by atoms with Crippen molar-refractivity contribution in [3.63, 3.8) is 0 Å². The monoisotopic (exact) mass is 425 g/mol. The number of nitrogens with one attached hydrogen (secondary N) is 1. The van der Waals surface area contributed by atoms with Crippen LogP contribution >= 0.6 is 11.3 Å². The Morgan fingerprint density at radius 1 is 1.32 bits per heavy atom. The van der Waals surface area contributed by atoms with Crippen molar-refractivity contribution in [3.05, 3.63) is 28.1 Å². The van der Waals surface area contributed by atoms with Crippen LogP contribution in [0.5, 0.6) is 0 Å². The molecule has 0 spiro atoms. The standard InChI is InChI=1S/C18H27N5O3S2/c1-12(2)18-21-15(11-27-18)9-19-17(24)14-5-7-23(8-6-14)28(25,26)16-10-22(4)13(3)20-16/h10-12,14H,5-9H2,1-4H3,(H,19,24). The summed E-state index contributed by atoms with van der Waals surface area (Å²) >= 11 is 1.61. The van der Waals surface area contributed by atoms with E-state index in [-0.39, 0.29) is 16.9 Å². The summed E-state index contributed by atoms with van der Waals surface area (Å²) in [4.78, 5) is 21.1. The van der Waals surface area contributed by atoms with E-state index in [9.17, 15) is 13.2 Å². The van der Waals surface area contributed by atoms with E-state index in [1.54, 1.807) is 29.9 Å². The summed E-state index contributed by atoms with van der Waals surface area (Å²) in [7, 11) is -1.84. The number of imidazole rings is 1. The smallest absolute Gasteiger partial charge is 0.262 e. The van der Waals surface area contributed by atoms with E-state index in [0.717, 1.165) is 10.7 Å². The fraction of sp³-hybridized carbons (Fsp3) is 0.611. The Balaban J connectivity index is 1.53. The zero-order chi connectivity index (χ0) is 20.5. The highest BCUT2D eigenvalue weighted by atomic mass is 32.2. The largest absolute Gasteiger partial charge is 0.350 e. The van der Waals surface area contributed by atoms with Crippen LogP contribution in [0.15, 0.2) is 16.6 Å². The van der Waals surface area contributed by atoms with Crippen molar-refractivity contribution in [2.45, 2.75) is 51.1 Å². The lowest BCUT2D eigenvalue weighted by molar-refractivity contribution is -0.126. The second kappa shape index (κ2) is 8.30. The number of aryl methyl sites for hydroxylation is 2. The van der Waals surface area contributed by atoms with E-state index in [1.807, 2.05) is 5.38 Å². The van der Waals surface area contributed by atoms with Crippen molar-refractivity contribution in [1.82, 2.24) is 24.2 Å². The number of hydrogen-bond acceptors (Lipinski definition) is 6. The maximum Gasteiger partial charge on any atom is 0.262 e. The molecule has 2 aromatic rings. The molecule has 8 nitrogen and oxygen atoms in total. The van der Waals surface area contributed by atoms with Crippen LogP contribution in [0.3, 0.4) is 0 Å². The van der Waals surface area contributed by atoms with Crippen molar-refractivity contribution in [3.8, 4) is 0 Å². The van der Waals surface area contributed by atoms with E-state index < -0.39 is 10.0 Å². The topological polar surface area (TPSA) is 97.2 Å². The number of amides is 1. The van der Waals surface area contributed by atoms with Gasteiger partial charge in [-0.3, -0.25) is 4.79 Å². The fourth-order valence-corrected chi connectivity index (χ4v) is 5.46. The maximum absolute atomic E-state index is 12.7. The number of thiazole rings is 1. The van der Waals surface area contributed by atoms with Gasteiger partial charge in [0.2, 0.25) is 5.91 Å². The molecule has 0 unspecified atom stereocenters. The highest BCUT2D eigenvalue weighted by Crippen LogP contribution is 2.24. The Hall–Kier alpha value is -1.78. The summed E-state index contributed by atoms with van der Waals surface area (Å²) in [5, 5.41) is 6.04. The van der Waals surface area contributed by atoms with Crippen LogP contribution < -0.4 is 5.32 Å². The molecule has 10 heteroatoms. The lowest BCUT2D eigenvalue weighted by Crippen LogP contribution is -2.43. The number of hydrogen-bond donors (Lipinski definition) is 1. The van der Waals surface area contributed by atoms with E-state index in [4.69, 9.17) is 0 Å². The number of piperidine rings is 1. The van der Waals surface area contributed by atoms with Crippen molar-refractivity contribution in [1.29, 1.82) is 0 Å². The van der Waals surface area contributed by atoms with Crippen molar-refractivity contribution in [2.75, 3.05) is 13.1 Å². The second-order valence-electron chi connectivity index (χ2n) is 7.47. The molecule has 0 atom stereocenters. The molecule has 154 valence electrons. The number of sulfonamides is 1. The average Bonchev–Trinajstić information content (AvgIpc) is 3.27. The molecular formula is C18H27N5O3S2. The SMILES string of the molecule is Cc1nc(S(=O)(=O)N2CCC(C(=O)NCc3csc(C(C)C)n3)CC2)cn1C. The minimum absolute atomic E-state index is 0.0372. The molecule has 3 rings (SSSR count). The van der Waals surface area contributed by atoms with Gasteiger partial charge in [-0.25, -0.2) is 18.4 Å². The van der Waals surface area contributed by atoms with Crippen LogP contribution in [0, 0.1) is 12.8 Å².